The van der Waals surface area contributed by atoms with Gasteiger partial charge in [0.15, 0.2) is 17.5 Å². The van der Waals surface area contributed by atoms with E-state index in [0.29, 0.717) is 17.5 Å². The fraction of sp³-hybridized carbons (Fsp3) is 0. The lowest BCUT2D eigenvalue weighted by molar-refractivity contribution is 1.07. The molecule has 8 rings (SSSR count). The van der Waals surface area contributed by atoms with Crippen molar-refractivity contribution >= 4 is 64.4 Å². The third-order valence-electron chi connectivity index (χ3n) is 7.74. The number of rotatable bonds is 4. The molecule has 0 aliphatic carbocycles. The van der Waals surface area contributed by atoms with Gasteiger partial charge >= 0.3 is 0 Å². The molecular formula is C37H22Br2N4. The summed E-state index contributed by atoms with van der Waals surface area (Å²) < 4.78 is 4.48. The highest BCUT2D eigenvalue weighted by Gasteiger charge is 2.18. The molecule has 6 aromatic carbocycles. The summed E-state index contributed by atoms with van der Waals surface area (Å²) in [6.07, 6.45) is 0. The first-order chi connectivity index (χ1) is 21.1. The molecule has 0 fully saturated rings. The normalized spacial score (nSPS) is 11.5. The minimum Gasteiger partial charge on any atom is -0.309 e. The van der Waals surface area contributed by atoms with Crippen LogP contribution in [0, 0.1) is 0 Å². The fourth-order valence-corrected chi connectivity index (χ4v) is 6.73. The Morgan fingerprint density at radius 1 is 0.442 bits per heavy atom. The van der Waals surface area contributed by atoms with Gasteiger partial charge in [-0.15, -0.1) is 0 Å². The Morgan fingerprint density at radius 2 is 1.02 bits per heavy atom. The van der Waals surface area contributed by atoms with E-state index in [9.17, 15) is 0 Å². The lowest BCUT2D eigenvalue weighted by Crippen LogP contribution is -2.01. The minimum atomic E-state index is 0.630. The zero-order valence-electron chi connectivity index (χ0n) is 22.7. The first-order valence-electron chi connectivity index (χ1n) is 13.9. The average Bonchev–Trinajstić information content (AvgIpc) is 3.39. The molecule has 0 amide bonds. The van der Waals surface area contributed by atoms with E-state index in [1.807, 2.05) is 60.7 Å². The molecule has 0 saturated carbocycles. The Hall–Kier alpha value is -4.65. The van der Waals surface area contributed by atoms with Gasteiger partial charge in [0.2, 0.25) is 0 Å². The molecule has 4 nitrogen and oxygen atoms in total. The molecular weight excluding hydrogens is 660 g/mol. The second-order valence-electron chi connectivity index (χ2n) is 10.4. The number of fused-ring (bicyclic) bond motifs is 5. The second kappa shape index (κ2) is 10.6. The highest BCUT2D eigenvalue weighted by Crippen LogP contribution is 2.41. The largest absolute Gasteiger partial charge is 0.309 e. The highest BCUT2D eigenvalue weighted by molar-refractivity contribution is 9.11. The van der Waals surface area contributed by atoms with Crippen LogP contribution in [0.1, 0.15) is 0 Å². The maximum Gasteiger partial charge on any atom is 0.164 e. The van der Waals surface area contributed by atoms with Crippen molar-refractivity contribution in [1.82, 2.24) is 19.5 Å². The topological polar surface area (TPSA) is 43.6 Å². The van der Waals surface area contributed by atoms with Crippen LogP contribution >= 0.6 is 31.9 Å². The van der Waals surface area contributed by atoms with Crippen molar-refractivity contribution in [1.29, 1.82) is 0 Å². The Labute approximate surface area is 265 Å². The molecule has 0 aliphatic rings. The van der Waals surface area contributed by atoms with Gasteiger partial charge in [-0.1, -0.05) is 129 Å². The van der Waals surface area contributed by atoms with Crippen molar-refractivity contribution in [3.8, 4) is 39.9 Å². The third-order valence-corrected chi connectivity index (χ3v) is 8.89. The first kappa shape index (κ1) is 26.0. The standard InChI is InChI=1S/C37H22Br2N4/c38-26-18-19-33-30(21-26)31-22-32(39)28-16-7-8-17-29(28)34(31)43(33)27-15-9-14-25(20-27)37-41-35(23-10-3-1-4-11-23)40-36(42-37)24-12-5-2-6-13-24/h1-22H. The lowest BCUT2D eigenvalue weighted by Gasteiger charge is -2.13. The van der Waals surface area contributed by atoms with Crippen LogP contribution in [0.3, 0.4) is 0 Å². The van der Waals surface area contributed by atoms with E-state index >= 15 is 0 Å². The van der Waals surface area contributed by atoms with Crippen LogP contribution < -0.4 is 0 Å². The van der Waals surface area contributed by atoms with Crippen LogP contribution in [0.5, 0.6) is 0 Å². The van der Waals surface area contributed by atoms with Gasteiger partial charge < -0.3 is 4.57 Å². The summed E-state index contributed by atoms with van der Waals surface area (Å²) in [5.74, 6) is 1.92. The van der Waals surface area contributed by atoms with Crippen LogP contribution in [0.15, 0.2) is 142 Å². The maximum atomic E-state index is 4.98. The van der Waals surface area contributed by atoms with Crippen LogP contribution in [0.25, 0.3) is 72.4 Å². The fourth-order valence-electron chi connectivity index (χ4n) is 5.79. The first-order valence-corrected chi connectivity index (χ1v) is 15.5. The van der Waals surface area contributed by atoms with Crippen LogP contribution in [-0.2, 0) is 0 Å². The zero-order chi connectivity index (χ0) is 28.9. The molecule has 204 valence electrons. The summed E-state index contributed by atoms with van der Waals surface area (Å²) in [5, 5.41) is 4.72. The molecule has 43 heavy (non-hydrogen) atoms. The molecule has 0 bridgehead atoms. The average molecular weight is 682 g/mol. The molecule has 0 N–H and O–H groups in total. The monoisotopic (exact) mass is 680 g/mol. The molecule has 0 atom stereocenters. The summed E-state index contributed by atoms with van der Waals surface area (Å²) >= 11 is 7.54. The number of halogens is 2. The molecule has 0 unspecified atom stereocenters. The van der Waals surface area contributed by atoms with Gasteiger partial charge in [0.25, 0.3) is 0 Å². The Balaban J connectivity index is 1.39. The Morgan fingerprint density at radius 3 is 1.70 bits per heavy atom. The predicted octanol–water partition coefficient (Wildman–Crippen LogP) is 10.6. The van der Waals surface area contributed by atoms with Crippen LogP contribution in [0.2, 0.25) is 0 Å². The van der Waals surface area contributed by atoms with Crippen molar-refractivity contribution in [2.45, 2.75) is 0 Å². The van der Waals surface area contributed by atoms with Gasteiger partial charge in [-0.2, -0.15) is 0 Å². The molecule has 8 aromatic rings. The summed E-state index contributed by atoms with van der Waals surface area (Å²) in [4.78, 5) is 14.8. The van der Waals surface area contributed by atoms with Crippen molar-refractivity contribution < 1.29 is 0 Å². The number of benzene rings is 6. The molecule has 0 aliphatic heterocycles. The van der Waals surface area contributed by atoms with Gasteiger partial charge in [-0.3, -0.25) is 0 Å². The van der Waals surface area contributed by atoms with Gasteiger partial charge in [0.1, 0.15) is 0 Å². The molecule has 0 radical (unpaired) electrons. The third kappa shape index (κ3) is 4.54. The van der Waals surface area contributed by atoms with Gasteiger partial charge in [-0.25, -0.2) is 15.0 Å². The van der Waals surface area contributed by atoms with Crippen molar-refractivity contribution in [2.24, 2.45) is 0 Å². The molecule has 0 saturated heterocycles. The molecule has 0 spiro atoms. The minimum absolute atomic E-state index is 0.630. The predicted molar refractivity (Wildman–Crippen MR) is 183 cm³/mol. The number of nitrogens with zero attached hydrogens (tertiary/aromatic N) is 4. The van der Waals surface area contributed by atoms with Gasteiger partial charge in [0.05, 0.1) is 11.0 Å². The zero-order valence-corrected chi connectivity index (χ0v) is 25.9. The Kier molecular flexibility index (Phi) is 6.39. The smallest absolute Gasteiger partial charge is 0.164 e. The van der Waals surface area contributed by atoms with Crippen molar-refractivity contribution in [2.75, 3.05) is 0 Å². The van der Waals surface area contributed by atoms with Gasteiger partial charge in [-0.05, 0) is 41.8 Å². The van der Waals surface area contributed by atoms with E-state index in [-0.39, 0.29) is 0 Å². The van der Waals surface area contributed by atoms with Crippen molar-refractivity contribution in [3.05, 3.63) is 142 Å². The number of hydrogen-bond acceptors (Lipinski definition) is 3. The van der Waals surface area contributed by atoms with Crippen LogP contribution in [-0.4, -0.2) is 19.5 Å². The lowest BCUT2D eigenvalue weighted by atomic mass is 10.1. The van der Waals surface area contributed by atoms with E-state index in [1.165, 1.54) is 21.5 Å². The van der Waals surface area contributed by atoms with Gasteiger partial charge in [0, 0.05) is 47.5 Å². The summed E-state index contributed by atoms with van der Waals surface area (Å²) in [6.45, 7) is 0. The molecule has 2 aromatic heterocycles. The second-order valence-corrected chi connectivity index (χ2v) is 12.2. The molecule has 6 heteroatoms. The van der Waals surface area contributed by atoms with E-state index in [0.717, 1.165) is 42.4 Å². The summed E-state index contributed by atoms with van der Waals surface area (Å²) in [7, 11) is 0. The van der Waals surface area contributed by atoms with E-state index in [1.54, 1.807) is 0 Å². The molecule has 2 heterocycles. The quantitative estimate of drug-likeness (QED) is 0.186. The summed E-state index contributed by atoms with van der Waals surface area (Å²) in [6, 6.07) is 45.9. The van der Waals surface area contributed by atoms with E-state index < -0.39 is 0 Å². The Bertz CT molecular complexity index is 2250. The van der Waals surface area contributed by atoms with Crippen molar-refractivity contribution in [3.63, 3.8) is 0 Å². The van der Waals surface area contributed by atoms with E-state index in [2.05, 4.69) is 109 Å². The highest BCUT2D eigenvalue weighted by atomic mass is 79.9. The maximum absolute atomic E-state index is 4.98. The SMILES string of the molecule is Brc1ccc2c(c1)c1cc(Br)c3ccccc3c1n2-c1cccc(-c2nc(-c3ccccc3)nc(-c3ccccc3)n2)c1. The summed E-state index contributed by atoms with van der Waals surface area (Å²) in [5.41, 5.74) is 6.14. The number of hydrogen-bond donors (Lipinski definition) is 0. The van der Waals surface area contributed by atoms with E-state index in [4.69, 9.17) is 15.0 Å². The van der Waals surface area contributed by atoms with Crippen LogP contribution in [0.4, 0.5) is 0 Å². The number of aromatic nitrogens is 4.